The van der Waals surface area contributed by atoms with Gasteiger partial charge in [-0.3, -0.25) is 10.00 Å². The van der Waals surface area contributed by atoms with Crippen molar-refractivity contribution >= 4 is 21.8 Å². The van der Waals surface area contributed by atoms with Crippen LogP contribution in [0.1, 0.15) is 31.0 Å². The van der Waals surface area contributed by atoms with Gasteiger partial charge in [-0.1, -0.05) is 6.92 Å². The van der Waals surface area contributed by atoms with Crippen molar-refractivity contribution in [2.24, 2.45) is 11.8 Å². The van der Waals surface area contributed by atoms with Gasteiger partial charge in [0.2, 0.25) is 0 Å². The van der Waals surface area contributed by atoms with Crippen molar-refractivity contribution < 1.29 is 38.4 Å². The van der Waals surface area contributed by atoms with Crippen LogP contribution in [0.3, 0.4) is 0 Å². The number of aliphatic hydroxyl groups is 2. The summed E-state index contributed by atoms with van der Waals surface area (Å²) in [5.74, 6) is -2.38. The van der Waals surface area contributed by atoms with Gasteiger partial charge in [-0.25, -0.2) is 18.0 Å². The van der Waals surface area contributed by atoms with E-state index in [0.717, 1.165) is 38.8 Å². The number of carbonyl (C=O) groups is 2. The van der Waals surface area contributed by atoms with Gasteiger partial charge in [0.05, 0.1) is 11.9 Å². The number of nitrogens with one attached hydrogen (secondary N) is 1. The lowest BCUT2D eigenvalue weighted by molar-refractivity contribution is -0.165. The average molecular weight is 462 g/mol. The van der Waals surface area contributed by atoms with E-state index in [1.807, 2.05) is 6.20 Å². The number of rotatable bonds is 7. The Morgan fingerprint density at radius 2 is 1.84 bits per heavy atom. The molecule has 1 aromatic heterocycles. The molecule has 1 aromatic rings. The molecule has 0 radical (unpaired) electrons. The first-order valence-corrected chi connectivity index (χ1v) is 12.2. The normalized spacial score (nSPS) is 25.4. The van der Waals surface area contributed by atoms with E-state index < -0.39 is 34.0 Å². The second-order valence-electron chi connectivity index (χ2n) is 8.36. The van der Waals surface area contributed by atoms with Gasteiger partial charge >= 0.3 is 11.9 Å². The smallest absolute Gasteiger partial charge is 0.335 e. The van der Waals surface area contributed by atoms with Gasteiger partial charge in [0.1, 0.15) is 9.84 Å². The van der Waals surface area contributed by atoms with E-state index in [4.69, 9.17) is 20.4 Å². The summed E-state index contributed by atoms with van der Waals surface area (Å²) in [4.78, 5) is 22.1. The summed E-state index contributed by atoms with van der Waals surface area (Å²) in [5.41, 5.74) is 2.60. The number of hydrogen-bond acceptors (Lipinski definition) is 8. The summed E-state index contributed by atoms with van der Waals surface area (Å²) < 4.78 is 23.3. The number of nitrogens with zero attached hydrogens (tertiary/aromatic N) is 2. The highest BCUT2D eigenvalue weighted by Crippen LogP contribution is 2.36. The van der Waals surface area contributed by atoms with E-state index in [1.54, 1.807) is 0 Å². The fourth-order valence-electron chi connectivity index (χ4n) is 4.48. The molecule has 11 nitrogen and oxygen atoms in total. The largest absolute Gasteiger partial charge is 0.479 e. The summed E-state index contributed by atoms with van der Waals surface area (Å²) in [6.07, 6.45) is 3.00. The van der Waals surface area contributed by atoms with Gasteiger partial charge < -0.3 is 20.4 Å². The van der Waals surface area contributed by atoms with E-state index >= 15 is 0 Å². The van der Waals surface area contributed by atoms with E-state index in [9.17, 15) is 18.0 Å². The second-order valence-corrected chi connectivity index (χ2v) is 10.5. The molecule has 0 amide bonds. The van der Waals surface area contributed by atoms with Gasteiger partial charge in [0.25, 0.3) is 0 Å². The van der Waals surface area contributed by atoms with Crippen LogP contribution in [0.15, 0.2) is 6.20 Å². The number of carboxylic acids is 2. The third-order valence-corrected chi connectivity index (χ3v) is 6.78. The number of aliphatic hydroxyl groups excluding tert-OH is 2. The van der Waals surface area contributed by atoms with Crippen LogP contribution in [-0.4, -0.2) is 99.2 Å². The number of aliphatic carboxylic acids is 2. The van der Waals surface area contributed by atoms with Crippen molar-refractivity contribution in [1.29, 1.82) is 0 Å². The Bertz CT molecular complexity index is 853. The molecule has 5 N–H and O–H groups in total. The number of sulfone groups is 1. The summed E-state index contributed by atoms with van der Waals surface area (Å²) in [5, 5.41) is 39.8. The molecule has 176 valence electrons. The van der Waals surface area contributed by atoms with Gasteiger partial charge in [0, 0.05) is 24.5 Å². The zero-order valence-corrected chi connectivity index (χ0v) is 18.5. The van der Waals surface area contributed by atoms with Crippen molar-refractivity contribution in [3.8, 4) is 0 Å². The summed E-state index contributed by atoms with van der Waals surface area (Å²) >= 11 is 0. The van der Waals surface area contributed by atoms with Crippen LogP contribution >= 0.6 is 0 Å². The maximum atomic E-state index is 11.6. The van der Waals surface area contributed by atoms with E-state index in [0.29, 0.717) is 17.7 Å². The maximum absolute atomic E-state index is 11.6. The van der Waals surface area contributed by atoms with Gasteiger partial charge in [-0.15, -0.1) is 0 Å². The Morgan fingerprint density at radius 3 is 2.35 bits per heavy atom. The molecule has 1 saturated heterocycles. The molecule has 3 rings (SSSR count). The molecule has 2 heterocycles. The summed E-state index contributed by atoms with van der Waals surface area (Å²) in [6, 6.07) is 0.561. The minimum atomic E-state index is -2.90. The van der Waals surface area contributed by atoms with E-state index in [2.05, 4.69) is 22.0 Å². The summed E-state index contributed by atoms with van der Waals surface area (Å²) in [7, 11) is -2.90. The van der Waals surface area contributed by atoms with Crippen LogP contribution in [0.2, 0.25) is 0 Å². The van der Waals surface area contributed by atoms with Crippen molar-refractivity contribution in [1.82, 2.24) is 15.1 Å². The molecule has 5 unspecified atom stereocenters. The first kappa shape index (κ1) is 25.2. The molecule has 0 spiro atoms. The number of fused-ring (bicyclic) bond motifs is 2. The first-order chi connectivity index (χ1) is 14.4. The SMILES string of the molecule is CCCN1CC(CS(C)(=O)=O)CC2Cc3[nH]ncc3CC21.O=C(O)C(O)C(O)C(=O)O. The summed E-state index contributed by atoms with van der Waals surface area (Å²) in [6.45, 7) is 4.19. The van der Waals surface area contributed by atoms with Crippen molar-refractivity contribution in [2.45, 2.75) is 50.9 Å². The molecule has 0 bridgehead atoms. The molecular formula is C19H31N3O8S. The Morgan fingerprint density at radius 1 is 1.23 bits per heavy atom. The topological polar surface area (TPSA) is 181 Å². The van der Waals surface area contributed by atoms with Crippen LogP contribution in [0.4, 0.5) is 0 Å². The standard InChI is InChI=1S/C15H25N3O2S.C4H6O6/c1-3-4-18-9-11(10-21(2,19)20)5-12-6-14-13(7-15(12)18)8-16-17-14;5-1(3(7)8)2(6)4(9)10/h8,11-12,15H,3-7,9-10H2,1-2H3,(H,16,17);1-2,5-6H,(H,7,8)(H,9,10). The number of hydrogen-bond donors (Lipinski definition) is 5. The van der Waals surface area contributed by atoms with Crippen LogP contribution in [0.5, 0.6) is 0 Å². The van der Waals surface area contributed by atoms with E-state index in [-0.39, 0.29) is 5.92 Å². The van der Waals surface area contributed by atoms with Gasteiger partial charge in [-0.2, -0.15) is 5.10 Å². The van der Waals surface area contributed by atoms with Crippen LogP contribution < -0.4 is 0 Å². The number of aromatic nitrogens is 2. The minimum absolute atomic E-state index is 0.275. The van der Waals surface area contributed by atoms with Crippen LogP contribution in [-0.2, 0) is 32.3 Å². The quantitative estimate of drug-likeness (QED) is 0.343. The Balaban J connectivity index is 0.000000291. The van der Waals surface area contributed by atoms with Gasteiger partial charge in [-0.05, 0) is 49.6 Å². The highest BCUT2D eigenvalue weighted by molar-refractivity contribution is 7.90. The predicted molar refractivity (Wildman–Crippen MR) is 110 cm³/mol. The molecule has 0 saturated carbocycles. The zero-order chi connectivity index (χ0) is 23.3. The second kappa shape index (κ2) is 10.5. The molecule has 5 atom stereocenters. The van der Waals surface area contributed by atoms with Crippen LogP contribution in [0.25, 0.3) is 0 Å². The third-order valence-electron chi connectivity index (χ3n) is 5.70. The Labute approximate surface area is 181 Å². The highest BCUT2D eigenvalue weighted by Gasteiger charge is 2.40. The first-order valence-electron chi connectivity index (χ1n) is 10.2. The zero-order valence-electron chi connectivity index (χ0n) is 17.6. The Hall–Kier alpha value is -2.02. The van der Waals surface area contributed by atoms with Crippen LogP contribution in [0, 0.1) is 11.8 Å². The molecule has 0 aromatic carbocycles. The van der Waals surface area contributed by atoms with Crippen molar-refractivity contribution in [2.75, 3.05) is 25.1 Å². The fourth-order valence-corrected chi connectivity index (χ4v) is 5.58. The lowest BCUT2D eigenvalue weighted by atomic mass is 9.75. The monoisotopic (exact) mass is 461 g/mol. The van der Waals surface area contributed by atoms with Crippen molar-refractivity contribution in [3.05, 3.63) is 17.5 Å². The molecular weight excluding hydrogens is 430 g/mol. The molecule has 1 fully saturated rings. The van der Waals surface area contributed by atoms with Gasteiger partial charge in [0.15, 0.2) is 12.2 Å². The van der Waals surface area contributed by atoms with E-state index in [1.165, 1.54) is 17.5 Å². The molecule has 1 aliphatic carbocycles. The number of aromatic amines is 1. The molecule has 1 aliphatic heterocycles. The predicted octanol–water partition coefficient (Wildman–Crippen LogP) is -0.853. The Kier molecular flexibility index (Phi) is 8.57. The highest BCUT2D eigenvalue weighted by atomic mass is 32.2. The lowest BCUT2D eigenvalue weighted by Crippen LogP contribution is -2.53. The average Bonchev–Trinajstić information content (AvgIpc) is 3.12. The third kappa shape index (κ3) is 6.99. The van der Waals surface area contributed by atoms with Crippen molar-refractivity contribution in [3.63, 3.8) is 0 Å². The number of H-pyrrole nitrogens is 1. The number of carboxylic acid groups (broad SMARTS) is 2. The molecule has 12 heteroatoms. The number of piperidine rings is 1. The maximum Gasteiger partial charge on any atom is 0.335 e. The molecule has 31 heavy (non-hydrogen) atoms. The molecule has 2 aliphatic rings. The minimum Gasteiger partial charge on any atom is -0.479 e. The lowest BCUT2D eigenvalue weighted by Gasteiger charge is -2.46. The number of likely N-dealkylation sites (tertiary alicyclic amines) is 1. The fraction of sp³-hybridized carbons (Fsp3) is 0.737.